The van der Waals surface area contributed by atoms with E-state index in [2.05, 4.69) is 30.9 Å². The van der Waals surface area contributed by atoms with E-state index in [-0.39, 0.29) is 42.6 Å². The number of nitrogens with zero attached hydrogens (tertiary/aromatic N) is 2. The minimum atomic E-state index is -0.417. The van der Waals surface area contributed by atoms with E-state index in [9.17, 15) is 14.4 Å². The zero-order valence-electron chi connectivity index (χ0n) is 18.0. The molecule has 32 heavy (non-hydrogen) atoms. The number of amides is 3. The van der Waals surface area contributed by atoms with Gasteiger partial charge in [0.15, 0.2) is 12.3 Å². The van der Waals surface area contributed by atoms with Crippen LogP contribution in [0.25, 0.3) is 11.0 Å². The van der Waals surface area contributed by atoms with E-state index in [4.69, 9.17) is 4.74 Å². The molecule has 0 bridgehead atoms. The van der Waals surface area contributed by atoms with Gasteiger partial charge in [-0.15, -0.1) is 0 Å². The molecule has 2 aromatic heterocycles. The highest BCUT2D eigenvalue weighted by atomic mass is 16.5. The van der Waals surface area contributed by atoms with Gasteiger partial charge in [0.1, 0.15) is 17.6 Å². The monoisotopic (exact) mass is 436 g/mol. The number of benzene rings is 1. The van der Waals surface area contributed by atoms with Crippen LogP contribution in [-0.4, -0.2) is 45.3 Å². The lowest BCUT2D eigenvalue weighted by atomic mass is 10.1. The summed E-state index contributed by atoms with van der Waals surface area (Å²) < 4.78 is 5.34. The summed E-state index contributed by atoms with van der Waals surface area (Å²) in [5.74, 6) is -0.0400. The molecule has 0 fully saturated rings. The van der Waals surface area contributed by atoms with Gasteiger partial charge >= 0.3 is 0 Å². The Bertz CT molecular complexity index is 1200. The van der Waals surface area contributed by atoms with E-state index in [0.717, 1.165) is 5.56 Å². The van der Waals surface area contributed by atoms with Crippen LogP contribution < -0.4 is 20.7 Å². The average Bonchev–Trinajstić information content (AvgIpc) is 3.21. The van der Waals surface area contributed by atoms with Crippen molar-refractivity contribution in [2.24, 2.45) is 5.92 Å². The van der Waals surface area contributed by atoms with Crippen molar-refractivity contribution in [1.82, 2.24) is 25.6 Å². The van der Waals surface area contributed by atoms with E-state index < -0.39 is 5.91 Å². The molecule has 3 amide bonds. The van der Waals surface area contributed by atoms with Crippen LogP contribution in [0, 0.1) is 5.92 Å². The van der Waals surface area contributed by atoms with Gasteiger partial charge in [0, 0.05) is 18.8 Å². The molecular weight excluding hydrogens is 412 g/mol. The number of nitrogens with one attached hydrogen (secondary N) is 4. The maximum absolute atomic E-state index is 12.8. The third-order valence-corrected chi connectivity index (χ3v) is 5.41. The summed E-state index contributed by atoms with van der Waals surface area (Å²) in [6.07, 6.45) is 2.80. The Labute approximate surface area is 184 Å². The number of H-pyrrole nitrogens is 1. The van der Waals surface area contributed by atoms with Gasteiger partial charge in [-0.25, -0.2) is 9.97 Å². The Morgan fingerprint density at radius 3 is 2.78 bits per heavy atom. The number of hydrogen-bond donors (Lipinski definition) is 4. The Morgan fingerprint density at radius 1 is 1.19 bits per heavy atom. The lowest BCUT2D eigenvalue weighted by Gasteiger charge is -2.18. The molecule has 0 saturated heterocycles. The molecule has 3 heterocycles. The molecule has 0 spiro atoms. The summed E-state index contributed by atoms with van der Waals surface area (Å²) >= 11 is 0. The Hall–Kier alpha value is -3.95. The number of hydrogen-bond acceptors (Lipinski definition) is 6. The van der Waals surface area contributed by atoms with E-state index >= 15 is 0 Å². The molecule has 10 heteroatoms. The molecule has 0 unspecified atom stereocenters. The molecule has 10 nitrogen and oxygen atoms in total. The Balaban J connectivity index is 1.50. The van der Waals surface area contributed by atoms with E-state index in [1.807, 2.05) is 20.8 Å². The maximum atomic E-state index is 12.8. The second-order valence-corrected chi connectivity index (χ2v) is 8.00. The number of rotatable bonds is 6. The first-order chi connectivity index (χ1) is 15.3. The van der Waals surface area contributed by atoms with Crippen molar-refractivity contribution in [3.05, 3.63) is 47.5 Å². The first kappa shape index (κ1) is 21.3. The van der Waals surface area contributed by atoms with Crippen molar-refractivity contribution >= 4 is 34.4 Å². The molecule has 4 N–H and O–H groups in total. The summed E-state index contributed by atoms with van der Waals surface area (Å²) in [5, 5.41) is 8.48. The van der Waals surface area contributed by atoms with Gasteiger partial charge in [-0.2, -0.15) is 0 Å². The third-order valence-electron chi connectivity index (χ3n) is 5.41. The predicted octanol–water partition coefficient (Wildman–Crippen LogP) is 1.99. The molecule has 1 aliphatic heterocycles. The number of carbonyl (C=O) groups excluding carboxylic acids is 3. The topological polar surface area (TPSA) is 138 Å². The Kier molecular flexibility index (Phi) is 5.76. The van der Waals surface area contributed by atoms with Crippen LogP contribution in [0.4, 0.5) is 5.69 Å². The number of anilines is 1. The molecule has 1 aromatic carbocycles. The van der Waals surface area contributed by atoms with Crippen LogP contribution in [0.15, 0.2) is 30.7 Å². The average molecular weight is 436 g/mol. The summed E-state index contributed by atoms with van der Waals surface area (Å²) in [4.78, 5) is 48.2. The molecule has 1 aliphatic rings. The van der Waals surface area contributed by atoms with Crippen molar-refractivity contribution < 1.29 is 19.1 Å². The summed E-state index contributed by atoms with van der Waals surface area (Å²) in [6.45, 7) is 6.18. The molecule has 0 saturated carbocycles. The zero-order valence-corrected chi connectivity index (χ0v) is 18.0. The second-order valence-electron chi connectivity index (χ2n) is 8.00. The number of ether oxygens (including phenoxy) is 1. The molecule has 166 valence electrons. The zero-order chi connectivity index (χ0) is 22.8. The van der Waals surface area contributed by atoms with Crippen molar-refractivity contribution in [3.8, 4) is 5.75 Å². The van der Waals surface area contributed by atoms with Crippen molar-refractivity contribution in [2.45, 2.75) is 33.4 Å². The summed E-state index contributed by atoms with van der Waals surface area (Å²) in [7, 11) is 0. The molecular formula is C22H24N6O4. The van der Waals surface area contributed by atoms with Crippen LogP contribution in [0.3, 0.4) is 0 Å². The van der Waals surface area contributed by atoms with Gasteiger partial charge in [-0.05, 0) is 30.5 Å². The highest BCUT2D eigenvalue weighted by Gasteiger charge is 2.21. The molecule has 0 radical (unpaired) electrons. The van der Waals surface area contributed by atoms with Crippen molar-refractivity contribution in [2.75, 3.05) is 11.9 Å². The van der Waals surface area contributed by atoms with Crippen LogP contribution in [0.1, 0.15) is 47.2 Å². The minimum absolute atomic E-state index is 0.0103. The number of aromatic nitrogens is 3. The van der Waals surface area contributed by atoms with Gasteiger partial charge in [0.25, 0.3) is 17.7 Å². The van der Waals surface area contributed by atoms with E-state index in [1.165, 1.54) is 12.5 Å². The number of carbonyl (C=O) groups is 3. The fourth-order valence-corrected chi connectivity index (χ4v) is 3.24. The highest BCUT2D eigenvalue weighted by Crippen LogP contribution is 2.28. The fourth-order valence-electron chi connectivity index (χ4n) is 3.24. The minimum Gasteiger partial charge on any atom is -0.482 e. The van der Waals surface area contributed by atoms with Crippen LogP contribution in [0.2, 0.25) is 0 Å². The Morgan fingerprint density at radius 2 is 2.00 bits per heavy atom. The normalized spacial score (nSPS) is 13.8. The van der Waals surface area contributed by atoms with Crippen molar-refractivity contribution in [1.29, 1.82) is 0 Å². The molecule has 4 rings (SSSR count). The maximum Gasteiger partial charge on any atom is 0.272 e. The fraction of sp³-hybridized carbons (Fsp3) is 0.318. The van der Waals surface area contributed by atoms with Gasteiger partial charge in [0.2, 0.25) is 0 Å². The van der Waals surface area contributed by atoms with Crippen LogP contribution >= 0.6 is 0 Å². The van der Waals surface area contributed by atoms with Crippen LogP contribution in [0.5, 0.6) is 5.75 Å². The SMILES string of the molecule is CC(C)[C@@H](C)NC(=O)c1c[nH]c2c(C(=O)NCc3ccc4c(c3)NC(=O)CO4)ncnc12. The molecule has 3 aromatic rings. The van der Waals surface area contributed by atoms with E-state index in [0.29, 0.717) is 28.0 Å². The van der Waals surface area contributed by atoms with Gasteiger partial charge in [-0.3, -0.25) is 14.4 Å². The van der Waals surface area contributed by atoms with Gasteiger partial charge < -0.3 is 25.7 Å². The second kappa shape index (κ2) is 8.66. The molecule has 0 aliphatic carbocycles. The van der Waals surface area contributed by atoms with Crippen LogP contribution in [-0.2, 0) is 11.3 Å². The molecule has 1 atom stereocenters. The predicted molar refractivity (Wildman–Crippen MR) is 117 cm³/mol. The van der Waals surface area contributed by atoms with Gasteiger partial charge in [0.05, 0.1) is 16.8 Å². The standard InChI is InChI=1S/C22H24N6O4/c1-11(2)12(3)27-21(30)14-8-23-19-18(14)25-10-26-20(19)22(31)24-7-13-4-5-16-15(6-13)28-17(29)9-32-16/h4-6,8,10-12,23H,7,9H2,1-3H3,(H,24,31)(H,27,30)(H,28,29)/t12-/m1/s1. The quantitative estimate of drug-likeness (QED) is 0.466. The summed E-state index contributed by atoms with van der Waals surface area (Å²) in [5.41, 5.74) is 2.61. The first-order valence-electron chi connectivity index (χ1n) is 10.3. The third kappa shape index (κ3) is 4.25. The largest absolute Gasteiger partial charge is 0.482 e. The number of fused-ring (bicyclic) bond motifs is 2. The smallest absolute Gasteiger partial charge is 0.272 e. The number of aromatic amines is 1. The highest BCUT2D eigenvalue weighted by molar-refractivity contribution is 6.10. The summed E-state index contributed by atoms with van der Waals surface area (Å²) in [6, 6.07) is 5.28. The van der Waals surface area contributed by atoms with E-state index in [1.54, 1.807) is 18.2 Å². The van der Waals surface area contributed by atoms with Crippen molar-refractivity contribution in [3.63, 3.8) is 0 Å². The first-order valence-corrected chi connectivity index (χ1v) is 10.3. The lowest BCUT2D eigenvalue weighted by molar-refractivity contribution is -0.118. The lowest BCUT2D eigenvalue weighted by Crippen LogP contribution is -2.36. The van der Waals surface area contributed by atoms with Gasteiger partial charge in [-0.1, -0.05) is 19.9 Å².